The summed E-state index contributed by atoms with van der Waals surface area (Å²) in [5.41, 5.74) is 2.74. The Morgan fingerprint density at radius 3 is 2.93 bits per heavy atom. The quantitative estimate of drug-likeness (QED) is 0.732. The molecule has 3 aromatic rings. The van der Waals surface area contributed by atoms with E-state index in [1.165, 1.54) is 32.1 Å². The third-order valence-corrected chi connectivity index (χ3v) is 5.47. The number of carbonyl (C=O) groups excluding carboxylic acids is 1. The van der Waals surface area contributed by atoms with Crippen molar-refractivity contribution in [3.8, 4) is 0 Å². The van der Waals surface area contributed by atoms with Crippen LogP contribution in [-0.2, 0) is 13.6 Å². The van der Waals surface area contributed by atoms with Gasteiger partial charge in [-0.25, -0.2) is 14.6 Å². The maximum atomic E-state index is 12.6. The Morgan fingerprint density at radius 2 is 2.11 bits per heavy atom. The first-order valence-electron chi connectivity index (χ1n) is 9.74. The van der Waals surface area contributed by atoms with Crippen LogP contribution in [0.4, 0.5) is 5.82 Å². The lowest BCUT2D eigenvalue weighted by molar-refractivity contribution is 0.0950. The molecule has 1 N–H and O–H groups in total. The maximum Gasteiger partial charge on any atom is 0.253 e. The van der Waals surface area contributed by atoms with Crippen molar-refractivity contribution in [1.29, 1.82) is 0 Å². The number of nitrogens with zero attached hydrogens (tertiary/aromatic N) is 6. The molecule has 1 saturated carbocycles. The number of pyridine rings is 2. The van der Waals surface area contributed by atoms with Gasteiger partial charge in [-0.2, -0.15) is 0 Å². The fraction of sp³-hybridized carbons (Fsp3) is 0.450. The van der Waals surface area contributed by atoms with Gasteiger partial charge in [-0.05, 0) is 25.0 Å². The Bertz CT molecular complexity index is 978. The molecule has 0 radical (unpaired) electrons. The molecular formula is C20H25N7O. The highest BCUT2D eigenvalue weighted by atomic mass is 16.1. The van der Waals surface area contributed by atoms with E-state index in [0.29, 0.717) is 29.3 Å². The number of aromatic nitrogens is 5. The lowest BCUT2D eigenvalue weighted by atomic mass is 9.94. The number of rotatable bonds is 5. The number of hydrogen-bond acceptors (Lipinski definition) is 6. The molecule has 0 aliphatic heterocycles. The number of anilines is 1. The highest BCUT2D eigenvalue weighted by Gasteiger charge is 2.21. The summed E-state index contributed by atoms with van der Waals surface area (Å²) in [6.45, 7) is 0.414. The van der Waals surface area contributed by atoms with Crippen LogP contribution in [0, 0.1) is 0 Å². The smallest absolute Gasteiger partial charge is 0.253 e. The van der Waals surface area contributed by atoms with Gasteiger partial charge in [-0.3, -0.25) is 4.79 Å². The Morgan fingerprint density at radius 1 is 1.29 bits per heavy atom. The molecule has 146 valence electrons. The Hall–Kier alpha value is -3.03. The molecule has 0 saturated heterocycles. The fourth-order valence-corrected chi connectivity index (χ4v) is 3.86. The van der Waals surface area contributed by atoms with E-state index in [1.54, 1.807) is 24.0 Å². The average molecular weight is 379 g/mol. The molecule has 0 aromatic carbocycles. The summed E-state index contributed by atoms with van der Waals surface area (Å²) in [7, 11) is 3.88. The lowest BCUT2D eigenvalue weighted by Gasteiger charge is -2.33. The summed E-state index contributed by atoms with van der Waals surface area (Å²) >= 11 is 0. The van der Waals surface area contributed by atoms with Gasteiger partial charge in [-0.15, -0.1) is 5.10 Å². The normalized spacial score (nSPS) is 14.9. The van der Waals surface area contributed by atoms with E-state index in [4.69, 9.17) is 0 Å². The summed E-state index contributed by atoms with van der Waals surface area (Å²) in [6, 6.07) is 6.16. The van der Waals surface area contributed by atoms with Crippen LogP contribution in [0.25, 0.3) is 11.2 Å². The molecule has 0 unspecified atom stereocenters. The predicted octanol–water partition coefficient (Wildman–Crippen LogP) is 2.46. The molecule has 4 rings (SSSR count). The van der Waals surface area contributed by atoms with E-state index in [2.05, 4.69) is 37.5 Å². The molecule has 3 aromatic heterocycles. The van der Waals surface area contributed by atoms with Gasteiger partial charge in [0.2, 0.25) is 0 Å². The van der Waals surface area contributed by atoms with E-state index in [9.17, 15) is 4.79 Å². The number of carbonyl (C=O) groups is 1. The molecule has 1 fully saturated rings. The van der Waals surface area contributed by atoms with Crippen molar-refractivity contribution >= 4 is 22.9 Å². The molecule has 0 bridgehead atoms. The zero-order valence-corrected chi connectivity index (χ0v) is 16.3. The van der Waals surface area contributed by atoms with Crippen LogP contribution >= 0.6 is 0 Å². The molecule has 28 heavy (non-hydrogen) atoms. The number of fused-ring (bicyclic) bond motifs is 1. The number of hydrogen-bond donors (Lipinski definition) is 1. The van der Waals surface area contributed by atoms with Gasteiger partial charge in [0.25, 0.3) is 5.91 Å². The molecule has 0 spiro atoms. The zero-order valence-electron chi connectivity index (χ0n) is 16.3. The summed E-state index contributed by atoms with van der Waals surface area (Å²) in [4.78, 5) is 23.8. The molecule has 3 heterocycles. The second kappa shape index (κ2) is 7.92. The SMILES string of the molecule is CN(c1ncccc1CNC(=O)c1cnc2c(c1)nnn2C)C1CCCCC1. The first-order chi connectivity index (χ1) is 13.6. The first-order valence-corrected chi connectivity index (χ1v) is 9.74. The molecule has 1 aliphatic carbocycles. The second-order valence-electron chi connectivity index (χ2n) is 7.35. The van der Waals surface area contributed by atoms with Crippen molar-refractivity contribution in [3.05, 3.63) is 41.7 Å². The van der Waals surface area contributed by atoms with Crippen LogP contribution < -0.4 is 10.2 Å². The Balaban J connectivity index is 1.47. The third-order valence-electron chi connectivity index (χ3n) is 5.47. The van der Waals surface area contributed by atoms with E-state index in [-0.39, 0.29) is 5.91 Å². The van der Waals surface area contributed by atoms with Gasteiger partial charge in [0.05, 0.1) is 5.56 Å². The summed E-state index contributed by atoms with van der Waals surface area (Å²) in [6.07, 6.45) is 9.62. The van der Waals surface area contributed by atoms with Gasteiger partial charge < -0.3 is 10.2 Å². The van der Waals surface area contributed by atoms with Crippen LogP contribution in [0.15, 0.2) is 30.6 Å². The average Bonchev–Trinajstić information content (AvgIpc) is 3.12. The number of nitrogens with one attached hydrogen (secondary N) is 1. The van der Waals surface area contributed by atoms with Crippen molar-refractivity contribution in [2.24, 2.45) is 7.05 Å². The van der Waals surface area contributed by atoms with Crippen LogP contribution in [-0.4, -0.2) is 44.0 Å². The van der Waals surface area contributed by atoms with Gasteiger partial charge in [0.1, 0.15) is 11.3 Å². The van der Waals surface area contributed by atoms with Gasteiger partial charge in [-0.1, -0.05) is 30.5 Å². The van der Waals surface area contributed by atoms with Crippen LogP contribution in [0.1, 0.15) is 48.0 Å². The van der Waals surface area contributed by atoms with E-state index in [1.807, 2.05) is 18.3 Å². The van der Waals surface area contributed by atoms with Crippen molar-refractivity contribution < 1.29 is 4.79 Å². The van der Waals surface area contributed by atoms with E-state index >= 15 is 0 Å². The maximum absolute atomic E-state index is 12.6. The largest absolute Gasteiger partial charge is 0.356 e. The lowest BCUT2D eigenvalue weighted by Crippen LogP contribution is -2.35. The van der Waals surface area contributed by atoms with Crippen LogP contribution in [0.2, 0.25) is 0 Å². The monoisotopic (exact) mass is 379 g/mol. The highest BCUT2D eigenvalue weighted by molar-refractivity contribution is 5.96. The molecule has 8 heteroatoms. The predicted molar refractivity (Wildman–Crippen MR) is 107 cm³/mol. The summed E-state index contributed by atoms with van der Waals surface area (Å²) in [5.74, 6) is 0.757. The molecule has 1 amide bonds. The van der Waals surface area contributed by atoms with Crippen molar-refractivity contribution in [1.82, 2.24) is 30.3 Å². The van der Waals surface area contributed by atoms with Crippen LogP contribution in [0.3, 0.4) is 0 Å². The highest BCUT2D eigenvalue weighted by Crippen LogP contribution is 2.27. The molecule has 8 nitrogen and oxygen atoms in total. The van der Waals surface area contributed by atoms with Gasteiger partial charge in [0, 0.05) is 44.6 Å². The number of aryl methyl sites for hydroxylation is 1. The molecule has 0 atom stereocenters. The second-order valence-corrected chi connectivity index (χ2v) is 7.35. The van der Waals surface area contributed by atoms with Crippen LogP contribution in [0.5, 0.6) is 0 Å². The van der Waals surface area contributed by atoms with Gasteiger partial charge >= 0.3 is 0 Å². The van der Waals surface area contributed by atoms with Crippen molar-refractivity contribution in [2.45, 2.75) is 44.7 Å². The topological polar surface area (TPSA) is 88.8 Å². The summed E-state index contributed by atoms with van der Waals surface area (Å²) in [5, 5.41) is 10.9. The Labute approximate surface area is 164 Å². The minimum Gasteiger partial charge on any atom is -0.356 e. The molecule has 1 aliphatic rings. The zero-order chi connectivity index (χ0) is 19.5. The minimum atomic E-state index is -0.185. The van der Waals surface area contributed by atoms with Crippen molar-refractivity contribution in [2.75, 3.05) is 11.9 Å². The van der Waals surface area contributed by atoms with E-state index in [0.717, 1.165) is 11.4 Å². The first kappa shape index (κ1) is 18.3. The van der Waals surface area contributed by atoms with Crippen molar-refractivity contribution in [3.63, 3.8) is 0 Å². The molecular weight excluding hydrogens is 354 g/mol. The van der Waals surface area contributed by atoms with E-state index < -0.39 is 0 Å². The number of amides is 1. The Kier molecular flexibility index (Phi) is 5.18. The third kappa shape index (κ3) is 3.67. The standard InChI is InChI=1S/C20H25N7O/c1-26(16-8-4-3-5-9-16)18-14(7-6-10-21-18)12-23-20(28)15-11-17-19(22-13-15)27(2)25-24-17/h6-7,10-11,13,16H,3-5,8-9,12H2,1-2H3,(H,23,28). The summed E-state index contributed by atoms with van der Waals surface area (Å²) < 4.78 is 1.58. The van der Waals surface area contributed by atoms with Gasteiger partial charge in [0.15, 0.2) is 5.65 Å². The fourth-order valence-electron chi connectivity index (χ4n) is 3.86. The minimum absolute atomic E-state index is 0.185.